The van der Waals surface area contributed by atoms with E-state index in [1.807, 2.05) is 17.5 Å². The van der Waals surface area contributed by atoms with Crippen LogP contribution in [0.15, 0.2) is 53.9 Å². The second-order valence-corrected chi connectivity index (χ2v) is 6.43. The molecule has 0 aliphatic rings. The number of non-ortho nitro benzene ring substituents is 1. The summed E-state index contributed by atoms with van der Waals surface area (Å²) in [5.74, 6) is -0.163. The molecule has 0 fully saturated rings. The van der Waals surface area contributed by atoms with E-state index < -0.39 is 10.8 Å². The first-order valence-corrected chi connectivity index (χ1v) is 8.65. The van der Waals surface area contributed by atoms with Gasteiger partial charge in [-0.25, -0.2) is 4.98 Å². The van der Waals surface area contributed by atoms with Crippen LogP contribution in [0.2, 0.25) is 5.02 Å². The minimum atomic E-state index is -0.527. The van der Waals surface area contributed by atoms with Gasteiger partial charge in [0.1, 0.15) is 5.75 Å². The highest BCUT2D eigenvalue weighted by atomic mass is 35.5. The standard InChI is InChI=1S/C17H12ClN3O4S/c18-12-6-4-11(5-7-12)15-10-26-17(19-15)20-16(22)9-25-14-3-1-2-13(8-14)21(23)24/h1-8,10H,9H2,(H,19,20,22). The molecular formula is C17H12ClN3O4S. The van der Waals surface area contributed by atoms with Gasteiger partial charge in [0.15, 0.2) is 11.7 Å². The summed E-state index contributed by atoms with van der Waals surface area (Å²) >= 11 is 7.14. The van der Waals surface area contributed by atoms with Crippen LogP contribution in [0.25, 0.3) is 11.3 Å². The monoisotopic (exact) mass is 389 g/mol. The zero-order valence-corrected chi connectivity index (χ0v) is 14.8. The zero-order chi connectivity index (χ0) is 18.5. The lowest BCUT2D eigenvalue weighted by atomic mass is 10.2. The molecule has 0 saturated heterocycles. The van der Waals surface area contributed by atoms with Crippen molar-refractivity contribution in [1.29, 1.82) is 0 Å². The number of rotatable bonds is 6. The predicted octanol–water partition coefficient (Wildman–Crippen LogP) is 4.39. The molecule has 26 heavy (non-hydrogen) atoms. The number of amides is 1. The first kappa shape index (κ1) is 17.8. The highest BCUT2D eigenvalue weighted by molar-refractivity contribution is 7.14. The normalized spacial score (nSPS) is 10.3. The topological polar surface area (TPSA) is 94.4 Å². The predicted molar refractivity (Wildman–Crippen MR) is 99.8 cm³/mol. The van der Waals surface area contributed by atoms with Gasteiger partial charge in [0.2, 0.25) is 0 Å². The van der Waals surface area contributed by atoms with E-state index in [-0.39, 0.29) is 18.0 Å². The number of hydrogen-bond donors (Lipinski definition) is 1. The average molecular weight is 390 g/mol. The molecule has 0 aliphatic heterocycles. The van der Waals surface area contributed by atoms with Crippen LogP contribution in [0.1, 0.15) is 0 Å². The van der Waals surface area contributed by atoms with E-state index in [1.54, 1.807) is 18.2 Å². The lowest BCUT2D eigenvalue weighted by Crippen LogP contribution is -2.20. The molecule has 0 aliphatic carbocycles. The maximum Gasteiger partial charge on any atom is 0.273 e. The lowest BCUT2D eigenvalue weighted by molar-refractivity contribution is -0.384. The van der Waals surface area contributed by atoms with Gasteiger partial charge in [-0.3, -0.25) is 20.2 Å². The molecule has 0 radical (unpaired) electrons. The first-order chi connectivity index (χ1) is 12.5. The maximum atomic E-state index is 12.0. The Kier molecular flexibility index (Phi) is 5.45. The average Bonchev–Trinajstić information content (AvgIpc) is 3.09. The van der Waals surface area contributed by atoms with Crippen molar-refractivity contribution in [3.8, 4) is 17.0 Å². The van der Waals surface area contributed by atoms with Crippen LogP contribution in [0.3, 0.4) is 0 Å². The number of benzene rings is 2. The van der Waals surface area contributed by atoms with Crippen LogP contribution in [0.4, 0.5) is 10.8 Å². The van der Waals surface area contributed by atoms with Crippen LogP contribution in [0, 0.1) is 10.1 Å². The minimum absolute atomic E-state index is 0.101. The fraction of sp³-hybridized carbons (Fsp3) is 0.0588. The van der Waals surface area contributed by atoms with E-state index in [0.717, 1.165) is 11.3 Å². The minimum Gasteiger partial charge on any atom is -0.484 e. The van der Waals surface area contributed by atoms with E-state index in [4.69, 9.17) is 16.3 Å². The van der Waals surface area contributed by atoms with Gasteiger partial charge >= 0.3 is 0 Å². The number of hydrogen-bond acceptors (Lipinski definition) is 6. The van der Waals surface area contributed by atoms with E-state index in [0.29, 0.717) is 10.2 Å². The highest BCUT2D eigenvalue weighted by Crippen LogP contribution is 2.26. The van der Waals surface area contributed by atoms with Crippen LogP contribution >= 0.6 is 22.9 Å². The second kappa shape index (κ2) is 7.94. The molecule has 0 saturated carbocycles. The van der Waals surface area contributed by atoms with Gasteiger partial charge in [0.25, 0.3) is 11.6 Å². The molecule has 7 nitrogen and oxygen atoms in total. The Labute approximate surface area is 157 Å². The van der Waals surface area contributed by atoms with Crippen molar-refractivity contribution in [2.24, 2.45) is 0 Å². The molecule has 1 N–H and O–H groups in total. The van der Waals surface area contributed by atoms with Gasteiger partial charge in [0.05, 0.1) is 16.7 Å². The molecule has 3 rings (SSSR count). The Bertz CT molecular complexity index is 943. The van der Waals surface area contributed by atoms with Crippen LogP contribution in [0.5, 0.6) is 5.75 Å². The number of thiazole rings is 1. The third-order valence-corrected chi connectivity index (χ3v) is 4.30. The summed E-state index contributed by atoms with van der Waals surface area (Å²) < 4.78 is 5.28. The Morgan fingerprint density at radius 1 is 1.27 bits per heavy atom. The number of nitrogens with one attached hydrogen (secondary N) is 1. The largest absolute Gasteiger partial charge is 0.484 e. The summed E-state index contributed by atoms with van der Waals surface area (Å²) in [7, 11) is 0. The number of carbonyl (C=O) groups excluding carboxylic acids is 1. The number of ether oxygens (including phenoxy) is 1. The second-order valence-electron chi connectivity index (χ2n) is 5.14. The van der Waals surface area contributed by atoms with Crippen molar-refractivity contribution in [1.82, 2.24) is 4.98 Å². The fourth-order valence-corrected chi connectivity index (χ4v) is 2.94. The number of halogens is 1. The van der Waals surface area contributed by atoms with Gasteiger partial charge in [-0.1, -0.05) is 29.8 Å². The number of nitro benzene ring substituents is 1. The zero-order valence-electron chi connectivity index (χ0n) is 13.2. The SMILES string of the molecule is O=C(COc1cccc([N+](=O)[O-])c1)Nc1nc(-c2ccc(Cl)cc2)cs1. The summed E-state index contributed by atoms with van der Waals surface area (Å²) in [4.78, 5) is 26.5. The molecule has 2 aromatic carbocycles. The molecule has 0 unspecified atom stereocenters. The van der Waals surface area contributed by atoms with Crippen molar-refractivity contribution in [2.75, 3.05) is 11.9 Å². The van der Waals surface area contributed by atoms with Crippen LogP contribution < -0.4 is 10.1 Å². The number of aromatic nitrogens is 1. The number of anilines is 1. The van der Waals surface area contributed by atoms with Gasteiger partial charge in [0, 0.05) is 22.0 Å². The molecule has 9 heteroatoms. The van der Waals surface area contributed by atoms with Gasteiger partial charge in [-0.05, 0) is 18.2 Å². The Morgan fingerprint density at radius 2 is 2.04 bits per heavy atom. The fourth-order valence-electron chi connectivity index (χ4n) is 2.08. The van der Waals surface area contributed by atoms with E-state index >= 15 is 0 Å². The van der Waals surface area contributed by atoms with Crippen molar-refractivity contribution < 1.29 is 14.5 Å². The molecule has 132 valence electrons. The summed E-state index contributed by atoms with van der Waals surface area (Å²) in [6, 6.07) is 12.9. The lowest BCUT2D eigenvalue weighted by Gasteiger charge is -2.05. The summed E-state index contributed by atoms with van der Waals surface area (Å²) in [5.41, 5.74) is 1.51. The molecule has 1 aromatic heterocycles. The third kappa shape index (κ3) is 4.56. The molecule has 0 atom stereocenters. The summed E-state index contributed by atoms with van der Waals surface area (Å²) in [5, 5.41) is 16.2. The van der Waals surface area contributed by atoms with E-state index in [9.17, 15) is 14.9 Å². The van der Waals surface area contributed by atoms with Gasteiger partial charge in [-0.15, -0.1) is 11.3 Å². The Balaban J connectivity index is 1.58. The van der Waals surface area contributed by atoms with Crippen LogP contribution in [-0.4, -0.2) is 22.4 Å². The quantitative estimate of drug-likeness (QED) is 0.498. The number of carbonyl (C=O) groups is 1. The number of nitro groups is 1. The van der Waals surface area contributed by atoms with Crippen LogP contribution in [-0.2, 0) is 4.79 Å². The van der Waals surface area contributed by atoms with Crippen molar-refractivity contribution in [2.45, 2.75) is 0 Å². The Morgan fingerprint density at radius 3 is 2.77 bits per heavy atom. The summed E-state index contributed by atoms with van der Waals surface area (Å²) in [6.45, 7) is -0.281. The van der Waals surface area contributed by atoms with Gasteiger partial charge in [-0.2, -0.15) is 0 Å². The Hall–Kier alpha value is -2.97. The van der Waals surface area contributed by atoms with E-state index in [1.165, 1.54) is 29.5 Å². The first-order valence-electron chi connectivity index (χ1n) is 7.40. The molecule has 0 spiro atoms. The molecular weight excluding hydrogens is 378 g/mol. The third-order valence-electron chi connectivity index (χ3n) is 3.29. The molecule has 0 bridgehead atoms. The molecule has 1 amide bonds. The smallest absolute Gasteiger partial charge is 0.273 e. The van der Waals surface area contributed by atoms with Gasteiger partial charge < -0.3 is 4.74 Å². The van der Waals surface area contributed by atoms with E-state index in [2.05, 4.69) is 10.3 Å². The molecule has 3 aromatic rings. The molecule has 1 heterocycles. The van der Waals surface area contributed by atoms with Crippen molar-refractivity contribution >= 4 is 39.7 Å². The highest BCUT2D eigenvalue weighted by Gasteiger charge is 2.11. The summed E-state index contributed by atoms with van der Waals surface area (Å²) in [6.07, 6.45) is 0. The van der Waals surface area contributed by atoms with Crippen molar-refractivity contribution in [3.05, 3.63) is 69.0 Å². The maximum absolute atomic E-state index is 12.0. The number of nitrogens with zero attached hydrogens (tertiary/aromatic N) is 2. The van der Waals surface area contributed by atoms with Crippen molar-refractivity contribution in [3.63, 3.8) is 0 Å².